The zero-order valence-electron chi connectivity index (χ0n) is 13.3. The second-order valence-electron chi connectivity index (χ2n) is 5.53. The van der Waals surface area contributed by atoms with Crippen LogP contribution >= 0.6 is 0 Å². The Bertz CT molecular complexity index is 817. The number of rotatable bonds is 5. The number of anilines is 1. The van der Waals surface area contributed by atoms with Crippen LogP contribution in [0.5, 0.6) is 11.5 Å². The van der Waals surface area contributed by atoms with Gasteiger partial charge in [0.1, 0.15) is 0 Å². The molecule has 1 heterocycles. The number of para-hydroxylation sites is 1. The van der Waals surface area contributed by atoms with Gasteiger partial charge in [-0.3, -0.25) is 9.59 Å². The number of benzene rings is 2. The van der Waals surface area contributed by atoms with Crippen molar-refractivity contribution in [3.05, 3.63) is 53.6 Å². The lowest BCUT2D eigenvalue weighted by atomic mass is 9.88. The predicted octanol–water partition coefficient (Wildman–Crippen LogP) is 2.12. The van der Waals surface area contributed by atoms with Crippen molar-refractivity contribution in [1.29, 1.82) is 0 Å². The SMILES string of the molecule is COc1ccc(C(=O)C[C@@]2(O)C(=O)Nc3ccccc32)cc1OC. The summed E-state index contributed by atoms with van der Waals surface area (Å²) >= 11 is 0. The average molecular weight is 327 g/mol. The van der Waals surface area contributed by atoms with Gasteiger partial charge in [-0.15, -0.1) is 0 Å². The summed E-state index contributed by atoms with van der Waals surface area (Å²) in [5, 5.41) is 13.4. The minimum atomic E-state index is -1.87. The van der Waals surface area contributed by atoms with Crippen LogP contribution < -0.4 is 14.8 Å². The van der Waals surface area contributed by atoms with Crippen LogP contribution in [0.3, 0.4) is 0 Å². The lowest BCUT2D eigenvalue weighted by Gasteiger charge is -2.20. The molecule has 1 atom stereocenters. The van der Waals surface area contributed by atoms with Gasteiger partial charge in [-0.2, -0.15) is 0 Å². The fraction of sp³-hybridized carbons (Fsp3) is 0.222. The van der Waals surface area contributed by atoms with Crippen LogP contribution in [0, 0.1) is 0 Å². The van der Waals surface area contributed by atoms with Gasteiger partial charge in [-0.25, -0.2) is 0 Å². The number of aliphatic hydroxyl groups is 1. The number of ketones is 1. The van der Waals surface area contributed by atoms with E-state index in [4.69, 9.17) is 9.47 Å². The van der Waals surface area contributed by atoms with Crippen LogP contribution in [0.2, 0.25) is 0 Å². The third-order valence-corrected chi connectivity index (χ3v) is 4.12. The fourth-order valence-electron chi connectivity index (χ4n) is 2.82. The first-order valence-electron chi connectivity index (χ1n) is 7.38. The molecule has 2 aromatic carbocycles. The van der Waals surface area contributed by atoms with E-state index in [9.17, 15) is 14.7 Å². The lowest BCUT2D eigenvalue weighted by molar-refractivity contribution is -0.133. The van der Waals surface area contributed by atoms with E-state index >= 15 is 0 Å². The number of carbonyl (C=O) groups excluding carboxylic acids is 2. The fourth-order valence-corrected chi connectivity index (χ4v) is 2.82. The van der Waals surface area contributed by atoms with Crippen LogP contribution in [-0.2, 0) is 10.4 Å². The van der Waals surface area contributed by atoms with Crippen LogP contribution in [-0.4, -0.2) is 31.0 Å². The predicted molar refractivity (Wildman–Crippen MR) is 87.5 cm³/mol. The summed E-state index contributed by atoms with van der Waals surface area (Å²) in [5.41, 5.74) is -0.618. The van der Waals surface area contributed by atoms with E-state index in [0.717, 1.165) is 0 Å². The minimum Gasteiger partial charge on any atom is -0.493 e. The number of ether oxygens (including phenoxy) is 2. The highest BCUT2D eigenvalue weighted by molar-refractivity contribution is 6.09. The molecule has 2 N–H and O–H groups in total. The molecule has 0 saturated carbocycles. The third-order valence-electron chi connectivity index (χ3n) is 4.12. The van der Waals surface area contributed by atoms with E-state index in [1.165, 1.54) is 20.3 Å². The second-order valence-corrected chi connectivity index (χ2v) is 5.53. The molecule has 0 spiro atoms. The Morgan fingerprint density at radius 3 is 2.54 bits per heavy atom. The number of Topliss-reactive ketones (excluding diaryl/α,β-unsaturated/α-hetero) is 1. The van der Waals surface area contributed by atoms with Crippen molar-refractivity contribution in [2.45, 2.75) is 12.0 Å². The maximum absolute atomic E-state index is 12.6. The molecule has 2 aromatic rings. The van der Waals surface area contributed by atoms with Crippen molar-refractivity contribution < 1.29 is 24.2 Å². The highest BCUT2D eigenvalue weighted by Gasteiger charge is 2.46. The topological polar surface area (TPSA) is 84.9 Å². The first-order chi connectivity index (χ1) is 11.5. The van der Waals surface area contributed by atoms with E-state index in [1.807, 2.05) is 0 Å². The van der Waals surface area contributed by atoms with Crippen LogP contribution in [0.25, 0.3) is 0 Å². The van der Waals surface area contributed by atoms with E-state index in [2.05, 4.69) is 5.32 Å². The molecule has 1 aliphatic heterocycles. The molecule has 3 rings (SSSR count). The average Bonchev–Trinajstić information content (AvgIpc) is 2.85. The van der Waals surface area contributed by atoms with Gasteiger partial charge in [-0.1, -0.05) is 18.2 Å². The summed E-state index contributed by atoms with van der Waals surface area (Å²) in [6.45, 7) is 0. The summed E-state index contributed by atoms with van der Waals surface area (Å²) in [6.07, 6.45) is -0.356. The quantitative estimate of drug-likeness (QED) is 0.822. The Labute approximate surface area is 139 Å². The van der Waals surface area contributed by atoms with Crippen molar-refractivity contribution in [3.63, 3.8) is 0 Å². The molecule has 0 unspecified atom stereocenters. The van der Waals surface area contributed by atoms with Crippen LogP contribution in [0.1, 0.15) is 22.3 Å². The summed E-state index contributed by atoms with van der Waals surface area (Å²) < 4.78 is 10.3. The van der Waals surface area contributed by atoms with Gasteiger partial charge in [0, 0.05) is 16.8 Å². The molecule has 1 aliphatic rings. The molecule has 124 valence electrons. The summed E-state index contributed by atoms with van der Waals surface area (Å²) in [6, 6.07) is 11.5. The smallest absolute Gasteiger partial charge is 0.261 e. The van der Waals surface area contributed by atoms with E-state index in [0.29, 0.717) is 28.3 Å². The van der Waals surface area contributed by atoms with Crippen molar-refractivity contribution in [2.75, 3.05) is 19.5 Å². The highest BCUT2D eigenvalue weighted by atomic mass is 16.5. The summed E-state index contributed by atoms with van der Waals surface area (Å²) in [4.78, 5) is 24.8. The molecule has 0 aromatic heterocycles. The first-order valence-corrected chi connectivity index (χ1v) is 7.38. The van der Waals surface area contributed by atoms with E-state index in [1.54, 1.807) is 36.4 Å². The van der Waals surface area contributed by atoms with Gasteiger partial charge in [0.05, 0.1) is 20.6 Å². The largest absolute Gasteiger partial charge is 0.493 e. The number of methoxy groups -OCH3 is 2. The van der Waals surface area contributed by atoms with E-state index in [-0.39, 0.29) is 12.2 Å². The monoisotopic (exact) mass is 327 g/mol. The second kappa shape index (κ2) is 5.98. The van der Waals surface area contributed by atoms with Gasteiger partial charge < -0.3 is 19.9 Å². The number of hydrogen-bond acceptors (Lipinski definition) is 5. The zero-order valence-corrected chi connectivity index (χ0v) is 13.3. The zero-order chi connectivity index (χ0) is 17.3. The maximum atomic E-state index is 12.6. The van der Waals surface area contributed by atoms with Crippen molar-refractivity contribution in [1.82, 2.24) is 0 Å². The van der Waals surface area contributed by atoms with Crippen LogP contribution in [0.15, 0.2) is 42.5 Å². The van der Waals surface area contributed by atoms with Gasteiger partial charge in [-0.05, 0) is 24.3 Å². The molecule has 0 aliphatic carbocycles. The molecule has 24 heavy (non-hydrogen) atoms. The van der Waals surface area contributed by atoms with Gasteiger partial charge in [0.15, 0.2) is 22.9 Å². The Morgan fingerprint density at radius 1 is 1.12 bits per heavy atom. The number of amides is 1. The molecule has 1 amide bonds. The Balaban J connectivity index is 1.91. The molecule has 6 heteroatoms. The molecule has 0 saturated heterocycles. The van der Waals surface area contributed by atoms with E-state index < -0.39 is 11.5 Å². The standard InChI is InChI=1S/C18H17NO5/c1-23-15-8-7-11(9-16(15)24-2)14(20)10-18(22)12-5-3-4-6-13(12)19-17(18)21/h3-9,22H,10H2,1-2H3,(H,19,21)/t18-/m0/s1. The number of fused-ring (bicyclic) bond motifs is 1. The summed E-state index contributed by atoms with van der Waals surface area (Å²) in [5.74, 6) is -0.0637. The number of carbonyl (C=O) groups is 2. The van der Waals surface area contributed by atoms with Gasteiger partial charge in [0.2, 0.25) is 0 Å². The maximum Gasteiger partial charge on any atom is 0.261 e. The number of nitrogens with one attached hydrogen (secondary N) is 1. The molecule has 0 bridgehead atoms. The normalized spacial score (nSPS) is 18.7. The van der Waals surface area contributed by atoms with Crippen molar-refractivity contribution >= 4 is 17.4 Å². The molecular weight excluding hydrogens is 310 g/mol. The summed E-state index contributed by atoms with van der Waals surface area (Å²) in [7, 11) is 2.97. The molecule has 0 radical (unpaired) electrons. The minimum absolute atomic E-state index is 0.332. The van der Waals surface area contributed by atoms with Crippen molar-refractivity contribution in [2.24, 2.45) is 0 Å². The highest BCUT2D eigenvalue weighted by Crippen LogP contribution is 2.39. The van der Waals surface area contributed by atoms with Crippen LogP contribution in [0.4, 0.5) is 5.69 Å². The molecular formula is C18H17NO5. The van der Waals surface area contributed by atoms with Gasteiger partial charge >= 0.3 is 0 Å². The third kappa shape index (κ3) is 2.51. The van der Waals surface area contributed by atoms with Crippen molar-refractivity contribution in [3.8, 4) is 11.5 Å². The Hall–Kier alpha value is -2.86. The Kier molecular flexibility index (Phi) is 3.99. The lowest BCUT2D eigenvalue weighted by Crippen LogP contribution is -2.36. The Morgan fingerprint density at radius 2 is 1.83 bits per heavy atom. The first kappa shape index (κ1) is 16.0. The van der Waals surface area contributed by atoms with Gasteiger partial charge in [0.25, 0.3) is 5.91 Å². The molecule has 6 nitrogen and oxygen atoms in total. The molecule has 0 fully saturated rings. The number of hydrogen-bond donors (Lipinski definition) is 2.